The molecule has 1 amide bonds. The molecular weight excluding hydrogens is 263 g/mol. The maximum atomic E-state index is 13.6. The number of carbonyl (C=O) groups excluding carboxylic acids is 1. The highest BCUT2D eigenvalue weighted by Crippen LogP contribution is 2.16. The van der Waals surface area contributed by atoms with Crippen LogP contribution in [0.15, 0.2) is 18.2 Å². The first-order chi connectivity index (χ1) is 9.40. The number of hydrogen-bond donors (Lipinski definition) is 3. The normalized spacial score (nSPS) is 10.6. The number of carboxylic acid groups (broad SMARTS) is 1. The summed E-state index contributed by atoms with van der Waals surface area (Å²) in [6.07, 6.45) is 0.929. The van der Waals surface area contributed by atoms with E-state index in [2.05, 4.69) is 10.6 Å². The Kier molecular flexibility index (Phi) is 6.11. The Hall–Kier alpha value is -1.95. The van der Waals surface area contributed by atoms with Crippen LogP contribution in [0.25, 0.3) is 0 Å². The molecule has 1 aromatic carbocycles. The van der Waals surface area contributed by atoms with E-state index in [0.29, 0.717) is 19.0 Å². The van der Waals surface area contributed by atoms with Crippen LogP contribution in [0.1, 0.15) is 37.0 Å². The lowest BCUT2D eigenvalue weighted by atomic mass is 10.2. The van der Waals surface area contributed by atoms with Gasteiger partial charge in [-0.1, -0.05) is 13.8 Å². The number of rotatable bonds is 7. The number of benzene rings is 1. The number of aromatic carboxylic acids is 1. The van der Waals surface area contributed by atoms with E-state index in [0.717, 1.165) is 6.07 Å². The largest absolute Gasteiger partial charge is 0.478 e. The van der Waals surface area contributed by atoms with Gasteiger partial charge in [-0.15, -0.1) is 0 Å². The third-order valence-corrected chi connectivity index (χ3v) is 2.62. The minimum absolute atomic E-state index is 0.00295. The molecule has 3 N–H and O–H groups in total. The highest BCUT2D eigenvalue weighted by molar-refractivity contribution is 5.92. The van der Waals surface area contributed by atoms with Gasteiger partial charge in [0, 0.05) is 12.5 Å². The van der Waals surface area contributed by atoms with E-state index in [1.54, 1.807) is 0 Å². The number of hydrogen-bond acceptors (Lipinski definition) is 3. The molecule has 0 atom stereocenters. The number of carbonyl (C=O) groups is 2. The van der Waals surface area contributed by atoms with E-state index in [-0.39, 0.29) is 23.6 Å². The average Bonchev–Trinajstić information content (AvgIpc) is 2.36. The zero-order chi connectivity index (χ0) is 15.1. The summed E-state index contributed by atoms with van der Waals surface area (Å²) in [5, 5.41) is 14.3. The third kappa shape index (κ3) is 5.36. The second kappa shape index (κ2) is 7.59. The molecule has 0 heterocycles. The van der Waals surface area contributed by atoms with Crippen molar-refractivity contribution in [1.29, 1.82) is 0 Å². The fraction of sp³-hybridized carbons (Fsp3) is 0.429. The van der Waals surface area contributed by atoms with Crippen molar-refractivity contribution in [3.63, 3.8) is 0 Å². The molecule has 0 aliphatic carbocycles. The molecule has 0 saturated heterocycles. The van der Waals surface area contributed by atoms with Gasteiger partial charge in [-0.3, -0.25) is 4.79 Å². The summed E-state index contributed by atoms with van der Waals surface area (Å²) in [6.45, 7) is 4.74. The highest BCUT2D eigenvalue weighted by atomic mass is 19.1. The molecule has 0 radical (unpaired) electrons. The minimum Gasteiger partial charge on any atom is -0.478 e. The van der Waals surface area contributed by atoms with Crippen molar-refractivity contribution in [2.24, 2.45) is 0 Å². The van der Waals surface area contributed by atoms with Crippen LogP contribution in [-0.2, 0) is 4.79 Å². The first-order valence-electron chi connectivity index (χ1n) is 6.46. The maximum Gasteiger partial charge on any atom is 0.335 e. The smallest absolute Gasteiger partial charge is 0.335 e. The van der Waals surface area contributed by atoms with E-state index in [9.17, 15) is 14.0 Å². The van der Waals surface area contributed by atoms with Gasteiger partial charge in [0.25, 0.3) is 0 Å². The van der Waals surface area contributed by atoms with Crippen molar-refractivity contribution in [3.8, 4) is 0 Å². The maximum absolute atomic E-state index is 13.6. The molecule has 0 fully saturated rings. The quantitative estimate of drug-likeness (QED) is 0.670. The van der Waals surface area contributed by atoms with Crippen LogP contribution in [0, 0.1) is 5.82 Å². The Bertz CT molecular complexity index is 489. The van der Waals surface area contributed by atoms with Crippen LogP contribution in [0.3, 0.4) is 0 Å². The summed E-state index contributed by atoms with van der Waals surface area (Å²) in [7, 11) is 0. The fourth-order valence-corrected chi connectivity index (χ4v) is 1.60. The van der Waals surface area contributed by atoms with Gasteiger partial charge in [-0.05, 0) is 31.2 Å². The standard InChI is InChI=1S/C14H19FN2O3/c1-9(2)16-7-3-4-13(18)17-12-6-5-10(14(19)20)8-11(12)15/h5-6,8-9,16H,3-4,7H2,1-2H3,(H,17,18)(H,19,20). The van der Waals surface area contributed by atoms with Crippen LogP contribution in [0.4, 0.5) is 10.1 Å². The number of amides is 1. The van der Waals surface area contributed by atoms with Crippen LogP contribution < -0.4 is 10.6 Å². The van der Waals surface area contributed by atoms with Crippen molar-refractivity contribution in [2.45, 2.75) is 32.7 Å². The molecule has 0 unspecified atom stereocenters. The molecule has 0 aliphatic heterocycles. The van der Waals surface area contributed by atoms with E-state index in [1.165, 1.54) is 12.1 Å². The number of anilines is 1. The Morgan fingerprint density at radius 2 is 2.05 bits per heavy atom. The topological polar surface area (TPSA) is 78.4 Å². The molecular formula is C14H19FN2O3. The monoisotopic (exact) mass is 282 g/mol. The molecule has 0 saturated carbocycles. The lowest BCUT2D eigenvalue weighted by Crippen LogP contribution is -2.24. The molecule has 0 aromatic heterocycles. The van der Waals surface area contributed by atoms with Gasteiger partial charge in [-0.25, -0.2) is 9.18 Å². The van der Waals surface area contributed by atoms with Crippen molar-refractivity contribution >= 4 is 17.6 Å². The molecule has 1 aromatic rings. The Morgan fingerprint density at radius 3 is 2.60 bits per heavy atom. The highest BCUT2D eigenvalue weighted by Gasteiger charge is 2.10. The molecule has 110 valence electrons. The predicted octanol–water partition coefficient (Wildman–Crippen LogP) is 2.24. The SMILES string of the molecule is CC(C)NCCCC(=O)Nc1ccc(C(=O)O)cc1F. The van der Waals surface area contributed by atoms with Crippen molar-refractivity contribution in [3.05, 3.63) is 29.6 Å². The minimum atomic E-state index is -1.21. The van der Waals surface area contributed by atoms with Gasteiger partial charge in [0.05, 0.1) is 11.3 Å². The molecule has 5 nitrogen and oxygen atoms in total. The zero-order valence-corrected chi connectivity index (χ0v) is 11.6. The van der Waals surface area contributed by atoms with E-state index in [1.807, 2.05) is 13.8 Å². The Balaban J connectivity index is 2.48. The summed E-state index contributed by atoms with van der Waals surface area (Å²) in [6, 6.07) is 3.75. The number of nitrogens with one attached hydrogen (secondary N) is 2. The second-order valence-electron chi connectivity index (χ2n) is 4.76. The van der Waals surface area contributed by atoms with Gasteiger partial charge in [-0.2, -0.15) is 0 Å². The summed E-state index contributed by atoms with van der Waals surface area (Å²) < 4.78 is 13.6. The molecule has 20 heavy (non-hydrogen) atoms. The van der Waals surface area contributed by atoms with Gasteiger partial charge in [0.1, 0.15) is 5.82 Å². The summed E-state index contributed by atoms with van der Waals surface area (Å²) in [5.74, 6) is -2.25. The van der Waals surface area contributed by atoms with Crippen molar-refractivity contribution < 1.29 is 19.1 Å². The van der Waals surface area contributed by atoms with E-state index < -0.39 is 11.8 Å². The summed E-state index contributed by atoms with van der Waals surface area (Å²) in [4.78, 5) is 22.3. The predicted molar refractivity (Wildman–Crippen MR) is 74.4 cm³/mol. The Morgan fingerprint density at radius 1 is 1.35 bits per heavy atom. The molecule has 0 spiro atoms. The number of halogens is 1. The first kappa shape index (κ1) is 16.1. The third-order valence-electron chi connectivity index (χ3n) is 2.62. The van der Waals surface area contributed by atoms with Crippen molar-refractivity contribution in [1.82, 2.24) is 5.32 Å². The summed E-state index contributed by atoms with van der Waals surface area (Å²) in [5.41, 5.74) is -0.154. The van der Waals surface area contributed by atoms with Crippen LogP contribution in [-0.4, -0.2) is 29.6 Å². The van der Waals surface area contributed by atoms with Gasteiger partial charge >= 0.3 is 5.97 Å². The summed E-state index contributed by atoms with van der Waals surface area (Å²) >= 11 is 0. The van der Waals surface area contributed by atoms with Crippen LogP contribution in [0.5, 0.6) is 0 Å². The fourth-order valence-electron chi connectivity index (χ4n) is 1.60. The molecule has 0 aliphatic rings. The first-order valence-corrected chi connectivity index (χ1v) is 6.46. The lowest BCUT2D eigenvalue weighted by Gasteiger charge is -2.09. The van der Waals surface area contributed by atoms with E-state index in [4.69, 9.17) is 5.11 Å². The van der Waals surface area contributed by atoms with Gasteiger partial charge in [0.2, 0.25) is 5.91 Å². The second-order valence-corrected chi connectivity index (χ2v) is 4.76. The van der Waals surface area contributed by atoms with E-state index >= 15 is 0 Å². The van der Waals surface area contributed by atoms with Crippen molar-refractivity contribution in [2.75, 3.05) is 11.9 Å². The zero-order valence-electron chi connectivity index (χ0n) is 11.6. The van der Waals surface area contributed by atoms with Gasteiger partial charge in [0.15, 0.2) is 0 Å². The molecule has 0 bridgehead atoms. The lowest BCUT2D eigenvalue weighted by molar-refractivity contribution is -0.116. The van der Waals surface area contributed by atoms with Gasteiger partial charge < -0.3 is 15.7 Å². The van der Waals surface area contributed by atoms with Crippen LogP contribution in [0.2, 0.25) is 0 Å². The number of carboxylic acids is 1. The Labute approximate surface area is 117 Å². The molecule has 1 rings (SSSR count). The average molecular weight is 282 g/mol. The van der Waals surface area contributed by atoms with Crippen LogP contribution >= 0.6 is 0 Å². The molecule has 6 heteroatoms.